The average molecular weight is 487 g/mol. The second-order valence-corrected chi connectivity index (χ2v) is 9.49. The number of rotatable bonds is 4. The van der Waals surface area contributed by atoms with Crippen molar-refractivity contribution >= 4 is 11.7 Å². The molecule has 5 aromatic rings. The summed E-state index contributed by atoms with van der Waals surface area (Å²) in [6.45, 7) is 2.86. The lowest BCUT2D eigenvalue weighted by Crippen LogP contribution is -2.22. The van der Waals surface area contributed by atoms with Gasteiger partial charge in [-0.1, -0.05) is 60.7 Å². The van der Waals surface area contributed by atoms with Crippen molar-refractivity contribution in [2.24, 2.45) is 0 Å². The van der Waals surface area contributed by atoms with E-state index < -0.39 is 0 Å². The van der Waals surface area contributed by atoms with Gasteiger partial charge >= 0.3 is 0 Å². The van der Waals surface area contributed by atoms with Crippen LogP contribution in [0.25, 0.3) is 23.1 Å². The Balaban J connectivity index is 1.42. The fourth-order valence-corrected chi connectivity index (χ4v) is 5.45. The van der Waals surface area contributed by atoms with Crippen LogP contribution < -0.4 is 4.74 Å². The number of hydrogen-bond donors (Lipinski definition) is 0. The molecule has 0 fully saturated rings. The molecule has 0 N–H and O–H groups in total. The number of hydrogen-bond acceptors (Lipinski definition) is 5. The van der Waals surface area contributed by atoms with Crippen LogP contribution in [0, 0.1) is 0 Å². The van der Waals surface area contributed by atoms with Gasteiger partial charge < -0.3 is 4.74 Å². The fourth-order valence-electron chi connectivity index (χ4n) is 5.45. The van der Waals surface area contributed by atoms with Crippen LogP contribution in [-0.2, 0) is 6.54 Å². The third-order valence-electron chi connectivity index (χ3n) is 7.19. The van der Waals surface area contributed by atoms with Crippen LogP contribution in [-0.4, -0.2) is 29.4 Å². The van der Waals surface area contributed by atoms with E-state index in [1.807, 2.05) is 23.1 Å². The van der Waals surface area contributed by atoms with Crippen LogP contribution in [0.2, 0.25) is 0 Å². The van der Waals surface area contributed by atoms with E-state index >= 15 is 0 Å². The van der Waals surface area contributed by atoms with E-state index in [1.54, 1.807) is 10.8 Å². The van der Waals surface area contributed by atoms with Gasteiger partial charge in [-0.2, -0.15) is 5.10 Å². The Morgan fingerprint density at radius 3 is 2.62 bits per heavy atom. The number of aromatic nitrogens is 6. The molecule has 2 aliphatic rings. The third-order valence-corrected chi connectivity index (χ3v) is 7.19. The smallest absolute Gasteiger partial charge is 0.228 e. The highest BCUT2D eigenvalue weighted by molar-refractivity contribution is 5.68. The van der Waals surface area contributed by atoms with Crippen molar-refractivity contribution in [3.05, 3.63) is 113 Å². The molecule has 2 aromatic carbocycles. The Morgan fingerprint density at radius 2 is 1.84 bits per heavy atom. The summed E-state index contributed by atoms with van der Waals surface area (Å²) in [5, 5.41) is 9.15. The molecule has 3 aromatic heterocycles. The maximum absolute atomic E-state index is 6.62. The Kier molecular flexibility index (Phi) is 5.20. The number of ether oxygens (including phenoxy) is 1. The third kappa shape index (κ3) is 3.74. The second-order valence-electron chi connectivity index (χ2n) is 9.49. The summed E-state index contributed by atoms with van der Waals surface area (Å²) in [5.74, 6) is 2.18. The van der Waals surface area contributed by atoms with Crippen molar-refractivity contribution in [3.8, 4) is 17.3 Å². The topological polar surface area (TPSA) is 70.1 Å². The summed E-state index contributed by atoms with van der Waals surface area (Å²) in [6.07, 6.45) is 10.7. The lowest BCUT2D eigenvalue weighted by Gasteiger charge is -2.34. The molecule has 1 atom stereocenters. The maximum Gasteiger partial charge on any atom is 0.228 e. The molecule has 7 nitrogen and oxygen atoms in total. The van der Waals surface area contributed by atoms with Gasteiger partial charge in [-0.3, -0.25) is 4.68 Å². The van der Waals surface area contributed by atoms with Gasteiger partial charge in [0.15, 0.2) is 11.5 Å². The zero-order valence-corrected chi connectivity index (χ0v) is 20.6. The summed E-state index contributed by atoms with van der Waals surface area (Å²) in [5.41, 5.74) is 7.51. The normalized spacial score (nSPS) is 18.1. The number of aryl methyl sites for hydroxylation is 1. The molecule has 37 heavy (non-hydrogen) atoms. The van der Waals surface area contributed by atoms with Crippen molar-refractivity contribution in [1.29, 1.82) is 0 Å². The molecule has 182 valence electrons. The summed E-state index contributed by atoms with van der Waals surface area (Å²) in [7, 11) is 0. The molecular weight excluding hydrogens is 460 g/mol. The van der Waals surface area contributed by atoms with E-state index in [0.29, 0.717) is 11.7 Å². The predicted molar refractivity (Wildman–Crippen MR) is 142 cm³/mol. The summed E-state index contributed by atoms with van der Waals surface area (Å²) < 4.78 is 10.3. The zero-order chi connectivity index (χ0) is 24.8. The van der Waals surface area contributed by atoms with Crippen LogP contribution in [0.3, 0.4) is 0 Å². The van der Waals surface area contributed by atoms with E-state index in [4.69, 9.17) is 19.8 Å². The van der Waals surface area contributed by atoms with Crippen LogP contribution in [0.4, 0.5) is 0 Å². The first-order chi connectivity index (χ1) is 18.3. The Bertz CT molecular complexity index is 1660. The molecule has 0 amide bonds. The van der Waals surface area contributed by atoms with Crippen molar-refractivity contribution in [2.45, 2.75) is 38.6 Å². The predicted octanol–water partition coefficient (Wildman–Crippen LogP) is 6.05. The van der Waals surface area contributed by atoms with E-state index in [2.05, 4.69) is 72.7 Å². The van der Waals surface area contributed by atoms with E-state index in [9.17, 15) is 0 Å². The van der Waals surface area contributed by atoms with Gasteiger partial charge in [-0.15, -0.1) is 5.10 Å². The lowest BCUT2D eigenvalue weighted by molar-refractivity contribution is 0.371. The Morgan fingerprint density at radius 1 is 1.03 bits per heavy atom. The van der Waals surface area contributed by atoms with Gasteiger partial charge in [0.2, 0.25) is 5.88 Å². The molecule has 1 unspecified atom stereocenters. The lowest BCUT2D eigenvalue weighted by atomic mass is 9.77. The standard InChI is InChI=1S/C30H26N6O/c1-2-35-18-23(17-32-35)28-33-29-26-25(21-12-7-4-8-13-21)24-15-9-14-22(16-20-10-5-3-6-11-20)27(24)37-30(26)31-19-36(29)34-28/h3-8,10-13,16-19,25H,2,9,14-15H2,1H3/b22-16+. The quantitative estimate of drug-likeness (QED) is 0.309. The first-order valence-electron chi connectivity index (χ1n) is 12.8. The summed E-state index contributed by atoms with van der Waals surface area (Å²) >= 11 is 0. The second kappa shape index (κ2) is 8.85. The highest BCUT2D eigenvalue weighted by Crippen LogP contribution is 2.49. The van der Waals surface area contributed by atoms with Crippen LogP contribution in [0.1, 0.15) is 48.8 Å². The van der Waals surface area contributed by atoms with Crippen molar-refractivity contribution in [3.63, 3.8) is 0 Å². The number of fused-ring (bicyclic) bond motifs is 3. The first kappa shape index (κ1) is 21.7. The molecule has 1 aliphatic heterocycles. The van der Waals surface area contributed by atoms with Gasteiger partial charge in [-0.05, 0) is 54.5 Å². The van der Waals surface area contributed by atoms with Crippen LogP contribution in [0.5, 0.6) is 5.88 Å². The minimum Gasteiger partial charge on any atom is -0.438 e. The molecule has 0 bridgehead atoms. The average Bonchev–Trinajstić information content (AvgIpc) is 3.60. The molecule has 4 heterocycles. The highest BCUT2D eigenvalue weighted by Gasteiger charge is 2.37. The largest absolute Gasteiger partial charge is 0.438 e. The monoisotopic (exact) mass is 486 g/mol. The Labute approximate surface area is 214 Å². The van der Waals surface area contributed by atoms with Gasteiger partial charge in [-0.25, -0.2) is 14.5 Å². The number of nitrogens with zero attached hydrogens (tertiary/aromatic N) is 6. The minimum atomic E-state index is -0.00830. The number of benzene rings is 2. The Hall–Kier alpha value is -4.52. The summed E-state index contributed by atoms with van der Waals surface area (Å²) in [6, 6.07) is 21.1. The van der Waals surface area contributed by atoms with Crippen LogP contribution >= 0.6 is 0 Å². The molecule has 0 radical (unpaired) electrons. The minimum absolute atomic E-state index is 0.00830. The van der Waals surface area contributed by atoms with E-state index in [0.717, 1.165) is 48.3 Å². The molecule has 0 spiro atoms. The van der Waals surface area contributed by atoms with E-state index in [1.165, 1.54) is 22.3 Å². The van der Waals surface area contributed by atoms with Gasteiger partial charge in [0, 0.05) is 18.7 Å². The van der Waals surface area contributed by atoms with Crippen molar-refractivity contribution < 1.29 is 4.74 Å². The first-order valence-corrected chi connectivity index (χ1v) is 12.8. The maximum atomic E-state index is 6.62. The molecule has 7 heteroatoms. The molecule has 7 rings (SSSR count). The van der Waals surface area contributed by atoms with Gasteiger partial charge in [0.25, 0.3) is 0 Å². The van der Waals surface area contributed by atoms with E-state index in [-0.39, 0.29) is 5.92 Å². The van der Waals surface area contributed by atoms with Gasteiger partial charge in [0.05, 0.1) is 17.3 Å². The molecule has 1 aliphatic carbocycles. The SMILES string of the molecule is CCn1cc(-c2nc3c4c(ncn3n2)OC2=C(CCC/C2=C\c2ccccc2)C4c2ccccc2)cn1. The van der Waals surface area contributed by atoms with Crippen molar-refractivity contribution in [2.75, 3.05) is 0 Å². The molecule has 0 saturated carbocycles. The number of allylic oxidation sites excluding steroid dienone is 2. The van der Waals surface area contributed by atoms with Crippen LogP contribution in [0.15, 0.2) is 96.3 Å². The van der Waals surface area contributed by atoms with Crippen molar-refractivity contribution in [1.82, 2.24) is 29.4 Å². The fraction of sp³-hybridized carbons (Fsp3) is 0.200. The molecule has 0 saturated heterocycles. The molecular formula is C30H26N6O. The van der Waals surface area contributed by atoms with Gasteiger partial charge in [0.1, 0.15) is 12.1 Å². The zero-order valence-electron chi connectivity index (χ0n) is 20.6. The summed E-state index contributed by atoms with van der Waals surface area (Å²) in [4.78, 5) is 9.73. The highest BCUT2D eigenvalue weighted by atomic mass is 16.5.